The van der Waals surface area contributed by atoms with Gasteiger partial charge in [-0.2, -0.15) is 0 Å². The third-order valence-electron chi connectivity index (χ3n) is 5.13. The molecule has 0 saturated heterocycles. The Kier molecular flexibility index (Phi) is 6.20. The Hall–Kier alpha value is -1.88. The van der Waals surface area contributed by atoms with Gasteiger partial charge >= 0.3 is 0 Å². The topological polar surface area (TPSA) is 41.1 Å². The van der Waals surface area contributed by atoms with Gasteiger partial charge in [-0.05, 0) is 40.5 Å². The Labute approximate surface area is 170 Å². The van der Waals surface area contributed by atoms with Crippen LogP contribution in [0.5, 0.6) is 0 Å². The molecule has 0 spiro atoms. The largest absolute Gasteiger partial charge is 0.351 e. The summed E-state index contributed by atoms with van der Waals surface area (Å²) < 4.78 is 1.31. The SMILES string of the molecule is CC(C)c1ccc(CNC(=O)[C@H]2Cc3c(sc4ccccc34)CN2)cc1.Cl. The van der Waals surface area contributed by atoms with E-state index in [2.05, 4.69) is 73.0 Å². The summed E-state index contributed by atoms with van der Waals surface area (Å²) in [6, 6.07) is 16.8. The average Bonchev–Trinajstić information content (AvgIpc) is 3.04. The first-order valence-electron chi connectivity index (χ1n) is 9.21. The number of amides is 1. The van der Waals surface area contributed by atoms with Gasteiger partial charge in [-0.25, -0.2) is 0 Å². The van der Waals surface area contributed by atoms with E-state index in [0.717, 1.165) is 18.5 Å². The maximum Gasteiger partial charge on any atom is 0.237 e. The molecule has 1 aliphatic heterocycles. The van der Waals surface area contributed by atoms with Crippen molar-refractivity contribution in [3.63, 3.8) is 0 Å². The molecule has 0 saturated carbocycles. The molecular weight excluding hydrogens is 376 g/mol. The molecule has 3 aromatic rings. The van der Waals surface area contributed by atoms with Gasteiger partial charge in [-0.15, -0.1) is 23.7 Å². The minimum absolute atomic E-state index is 0. The molecule has 2 N–H and O–H groups in total. The first-order chi connectivity index (χ1) is 12.6. The molecule has 2 aromatic carbocycles. The van der Waals surface area contributed by atoms with E-state index in [9.17, 15) is 4.79 Å². The van der Waals surface area contributed by atoms with Crippen LogP contribution in [-0.4, -0.2) is 11.9 Å². The summed E-state index contributed by atoms with van der Waals surface area (Å²) in [6.45, 7) is 5.73. The van der Waals surface area contributed by atoms with E-state index < -0.39 is 0 Å². The Morgan fingerprint density at radius 3 is 2.67 bits per heavy atom. The lowest BCUT2D eigenvalue weighted by molar-refractivity contribution is -0.123. The summed E-state index contributed by atoms with van der Waals surface area (Å²) in [4.78, 5) is 14.0. The van der Waals surface area contributed by atoms with Gasteiger partial charge in [0.05, 0.1) is 6.04 Å². The van der Waals surface area contributed by atoms with Crippen LogP contribution < -0.4 is 10.6 Å². The molecule has 1 aromatic heterocycles. The molecule has 0 fully saturated rings. The van der Waals surface area contributed by atoms with Gasteiger partial charge in [-0.1, -0.05) is 56.3 Å². The fourth-order valence-electron chi connectivity index (χ4n) is 3.53. The van der Waals surface area contributed by atoms with Crippen molar-refractivity contribution in [2.75, 3.05) is 0 Å². The Balaban J connectivity index is 0.00000210. The van der Waals surface area contributed by atoms with Crippen LogP contribution in [0.1, 0.15) is 41.3 Å². The summed E-state index contributed by atoms with van der Waals surface area (Å²) in [5, 5.41) is 7.79. The first kappa shape index (κ1) is 19.9. The van der Waals surface area contributed by atoms with Crippen LogP contribution in [-0.2, 0) is 24.3 Å². The smallest absolute Gasteiger partial charge is 0.237 e. The molecule has 142 valence electrons. The predicted molar refractivity (Wildman–Crippen MR) is 116 cm³/mol. The number of hydrogen-bond donors (Lipinski definition) is 2. The number of rotatable bonds is 4. The fraction of sp³-hybridized carbons (Fsp3) is 0.318. The van der Waals surface area contributed by atoms with Crippen LogP contribution in [0.3, 0.4) is 0 Å². The van der Waals surface area contributed by atoms with Crippen LogP contribution in [0.25, 0.3) is 10.1 Å². The van der Waals surface area contributed by atoms with E-state index in [4.69, 9.17) is 0 Å². The molecule has 2 heterocycles. The highest BCUT2D eigenvalue weighted by Crippen LogP contribution is 2.34. The van der Waals surface area contributed by atoms with Crippen molar-refractivity contribution < 1.29 is 4.79 Å². The maximum atomic E-state index is 12.6. The van der Waals surface area contributed by atoms with Crippen molar-refractivity contribution in [3.8, 4) is 0 Å². The highest BCUT2D eigenvalue weighted by molar-refractivity contribution is 7.19. The second-order valence-electron chi connectivity index (χ2n) is 7.25. The molecule has 0 unspecified atom stereocenters. The predicted octanol–water partition coefficient (Wildman–Crippen LogP) is 4.78. The number of benzene rings is 2. The number of hydrogen-bond acceptors (Lipinski definition) is 3. The monoisotopic (exact) mass is 400 g/mol. The maximum absolute atomic E-state index is 12.6. The molecule has 0 radical (unpaired) electrons. The van der Waals surface area contributed by atoms with Crippen LogP contribution >= 0.6 is 23.7 Å². The minimum atomic E-state index is -0.157. The lowest BCUT2D eigenvalue weighted by Gasteiger charge is -2.23. The molecule has 0 aliphatic carbocycles. The van der Waals surface area contributed by atoms with Gasteiger partial charge in [0, 0.05) is 22.7 Å². The molecule has 0 bridgehead atoms. The molecule has 1 aliphatic rings. The molecule has 27 heavy (non-hydrogen) atoms. The van der Waals surface area contributed by atoms with Gasteiger partial charge in [0.1, 0.15) is 0 Å². The Morgan fingerprint density at radius 1 is 1.19 bits per heavy atom. The standard InChI is InChI=1S/C22H24N2OS.ClH/c1-14(2)16-9-7-15(8-10-16)12-24-22(25)19-11-18-17-5-3-4-6-20(17)26-21(18)13-23-19;/h3-10,14,19,23H,11-13H2,1-2H3,(H,24,25);1H/t19-;/m1./s1. The Morgan fingerprint density at radius 2 is 1.93 bits per heavy atom. The van der Waals surface area contributed by atoms with Crippen LogP contribution in [0, 0.1) is 0 Å². The van der Waals surface area contributed by atoms with Crippen molar-refractivity contribution in [3.05, 3.63) is 70.1 Å². The van der Waals surface area contributed by atoms with Gasteiger partial charge in [0.2, 0.25) is 5.91 Å². The molecular formula is C22H25ClN2OS. The normalized spacial score (nSPS) is 16.0. The number of thiophene rings is 1. The third-order valence-corrected chi connectivity index (χ3v) is 6.34. The lowest BCUT2D eigenvalue weighted by atomic mass is 9.98. The van der Waals surface area contributed by atoms with E-state index in [1.54, 1.807) is 0 Å². The highest BCUT2D eigenvalue weighted by atomic mass is 35.5. The quantitative estimate of drug-likeness (QED) is 0.661. The number of fused-ring (bicyclic) bond motifs is 3. The van der Waals surface area contributed by atoms with Crippen LogP contribution in [0.4, 0.5) is 0 Å². The van der Waals surface area contributed by atoms with Crippen LogP contribution in [0.2, 0.25) is 0 Å². The number of carbonyl (C=O) groups is 1. The second-order valence-corrected chi connectivity index (χ2v) is 8.39. The minimum Gasteiger partial charge on any atom is -0.351 e. The summed E-state index contributed by atoms with van der Waals surface area (Å²) in [5.74, 6) is 0.610. The molecule has 1 atom stereocenters. The Bertz CT molecular complexity index is 933. The zero-order valence-electron chi connectivity index (χ0n) is 15.6. The lowest BCUT2D eigenvalue weighted by Crippen LogP contribution is -2.47. The molecule has 3 nitrogen and oxygen atoms in total. The van der Waals surface area contributed by atoms with Crippen LogP contribution in [0.15, 0.2) is 48.5 Å². The summed E-state index contributed by atoms with van der Waals surface area (Å²) in [7, 11) is 0. The fourth-order valence-corrected chi connectivity index (χ4v) is 4.71. The van der Waals surface area contributed by atoms with E-state index >= 15 is 0 Å². The van der Waals surface area contributed by atoms with Crippen molar-refractivity contribution in [2.24, 2.45) is 0 Å². The zero-order valence-corrected chi connectivity index (χ0v) is 17.3. The van der Waals surface area contributed by atoms with E-state index in [1.165, 1.54) is 26.1 Å². The highest BCUT2D eigenvalue weighted by Gasteiger charge is 2.26. The summed E-state index contributed by atoms with van der Waals surface area (Å²) in [5.41, 5.74) is 3.80. The molecule has 5 heteroatoms. The van der Waals surface area contributed by atoms with Gasteiger partial charge in [0.25, 0.3) is 0 Å². The van der Waals surface area contributed by atoms with Gasteiger partial charge < -0.3 is 10.6 Å². The van der Waals surface area contributed by atoms with Gasteiger partial charge in [0.15, 0.2) is 0 Å². The summed E-state index contributed by atoms with van der Waals surface area (Å²) in [6.07, 6.45) is 0.761. The summed E-state index contributed by atoms with van der Waals surface area (Å²) >= 11 is 1.83. The van der Waals surface area contributed by atoms with E-state index in [1.807, 2.05) is 11.3 Å². The van der Waals surface area contributed by atoms with Gasteiger partial charge in [-0.3, -0.25) is 4.79 Å². The molecule has 1 amide bonds. The number of halogens is 1. The van der Waals surface area contributed by atoms with Crippen molar-refractivity contribution in [1.82, 2.24) is 10.6 Å². The van der Waals surface area contributed by atoms with E-state index in [-0.39, 0.29) is 24.4 Å². The number of carbonyl (C=O) groups excluding carboxylic acids is 1. The second kappa shape index (κ2) is 8.42. The first-order valence-corrected chi connectivity index (χ1v) is 10.0. The number of nitrogens with one attached hydrogen (secondary N) is 2. The average molecular weight is 401 g/mol. The molecule has 4 rings (SSSR count). The van der Waals surface area contributed by atoms with Crippen molar-refractivity contribution in [1.29, 1.82) is 0 Å². The van der Waals surface area contributed by atoms with Crippen molar-refractivity contribution in [2.45, 2.75) is 45.3 Å². The van der Waals surface area contributed by atoms with Crippen molar-refractivity contribution >= 4 is 39.7 Å². The zero-order chi connectivity index (χ0) is 18.1. The third kappa shape index (κ3) is 4.18. The van der Waals surface area contributed by atoms with E-state index in [0.29, 0.717) is 12.5 Å².